The smallest absolute Gasteiger partial charge is 0.410 e. The molecule has 1 aliphatic carbocycles. The number of hydrogen-bond donors (Lipinski definition) is 0. The second kappa shape index (κ2) is 8.12. The number of hydrogen-bond acceptors (Lipinski definition) is 4. The van der Waals surface area contributed by atoms with Crippen LogP contribution in [0.5, 0.6) is 0 Å². The molecule has 2 heterocycles. The minimum absolute atomic E-state index is 0.00778. The number of nitrogens with zero attached hydrogens (tertiary/aromatic N) is 4. The zero-order chi connectivity index (χ0) is 22.2. The molecule has 0 N–H and O–H groups in total. The molecular weight excluding hydrogens is 399 g/mol. The molecular formula is C23H29FN4O3. The quantitative estimate of drug-likeness (QED) is 0.622. The summed E-state index contributed by atoms with van der Waals surface area (Å²) in [4.78, 5) is 22.0. The third-order valence-electron chi connectivity index (χ3n) is 6.37. The number of amides is 1. The average Bonchev–Trinajstić information content (AvgIpc) is 3.20. The highest BCUT2D eigenvalue weighted by Gasteiger charge is 2.48. The average molecular weight is 429 g/mol. The molecule has 2 aromatic rings. The van der Waals surface area contributed by atoms with Crippen molar-refractivity contribution < 1.29 is 18.7 Å². The van der Waals surface area contributed by atoms with Crippen LogP contribution in [0.3, 0.4) is 0 Å². The summed E-state index contributed by atoms with van der Waals surface area (Å²) in [6, 6.07) is 2.89. The van der Waals surface area contributed by atoms with Gasteiger partial charge in [-0.2, -0.15) is 0 Å². The van der Waals surface area contributed by atoms with E-state index in [1.54, 1.807) is 19.5 Å². The Hall–Kier alpha value is -2.66. The van der Waals surface area contributed by atoms with Gasteiger partial charge >= 0.3 is 6.09 Å². The summed E-state index contributed by atoms with van der Waals surface area (Å²) in [6.07, 6.45) is 5.15. The minimum Gasteiger partial charge on any atom is -0.441 e. The summed E-state index contributed by atoms with van der Waals surface area (Å²) < 4.78 is 27.1. The molecule has 2 aliphatic rings. The van der Waals surface area contributed by atoms with Crippen molar-refractivity contribution in [1.29, 1.82) is 0 Å². The lowest BCUT2D eigenvalue weighted by Gasteiger charge is -2.36. The van der Waals surface area contributed by atoms with E-state index in [0.29, 0.717) is 37.7 Å². The lowest BCUT2D eigenvalue weighted by Crippen LogP contribution is -2.42. The monoisotopic (exact) mass is 428 g/mol. The standard InChI is InChI=1S/C23H29FN4O3/c1-22(2,14-30-4)12-28-13-23(31-21(28)29)7-5-6-16(10-23)11-27-15-26-19-8-17(24)18(25-3)9-20(19)27/h8-9,15-16H,5-7,10-14H2,1-2,4H3/t16-,23-/m0/s1. The molecule has 1 saturated heterocycles. The van der Waals surface area contributed by atoms with E-state index in [-0.39, 0.29) is 17.2 Å². The molecule has 0 bridgehead atoms. The van der Waals surface area contributed by atoms with Gasteiger partial charge in [-0.05, 0) is 43.7 Å². The number of imidazole rings is 1. The van der Waals surface area contributed by atoms with E-state index < -0.39 is 11.4 Å². The number of benzene rings is 1. The summed E-state index contributed by atoms with van der Waals surface area (Å²) in [5.41, 5.74) is 0.729. The van der Waals surface area contributed by atoms with Crippen molar-refractivity contribution in [2.45, 2.75) is 51.7 Å². The summed E-state index contributed by atoms with van der Waals surface area (Å²) in [5.74, 6) is -0.231. The molecule has 8 heteroatoms. The third-order valence-corrected chi connectivity index (χ3v) is 6.37. The van der Waals surface area contributed by atoms with Crippen molar-refractivity contribution in [1.82, 2.24) is 14.5 Å². The Labute approximate surface area is 181 Å². The topological polar surface area (TPSA) is 61.0 Å². The maximum absolute atomic E-state index is 13.9. The van der Waals surface area contributed by atoms with Crippen molar-refractivity contribution in [3.63, 3.8) is 0 Å². The van der Waals surface area contributed by atoms with Crippen LogP contribution in [0.1, 0.15) is 39.5 Å². The Kier molecular flexibility index (Phi) is 5.65. The lowest BCUT2D eigenvalue weighted by atomic mass is 9.77. The fourth-order valence-electron chi connectivity index (χ4n) is 5.18. The predicted molar refractivity (Wildman–Crippen MR) is 114 cm³/mol. The maximum Gasteiger partial charge on any atom is 0.410 e. The first-order valence-electron chi connectivity index (χ1n) is 10.7. The molecule has 2 fully saturated rings. The first-order chi connectivity index (χ1) is 14.7. The van der Waals surface area contributed by atoms with Crippen LogP contribution in [-0.2, 0) is 16.0 Å². The molecule has 166 valence electrons. The second-order valence-corrected chi connectivity index (χ2v) is 9.77. The molecule has 1 amide bonds. The Morgan fingerprint density at radius 3 is 3.00 bits per heavy atom. The van der Waals surface area contributed by atoms with Gasteiger partial charge in [0.15, 0.2) is 0 Å². The highest BCUT2D eigenvalue weighted by atomic mass is 19.1. The van der Waals surface area contributed by atoms with Crippen molar-refractivity contribution in [2.24, 2.45) is 11.3 Å². The maximum atomic E-state index is 13.9. The SMILES string of the molecule is [C-]#[N+]c1cc2c(cc1F)ncn2C[C@H]1CCC[C@]2(C1)CN(CC(C)(C)COC)C(=O)O2. The molecule has 7 nitrogen and oxygen atoms in total. The van der Waals surface area contributed by atoms with E-state index in [1.165, 1.54) is 6.07 Å². The second-order valence-electron chi connectivity index (χ2n) is 9.77. The van der Waals surface area contributed by atoms with Crippen molar-refractivity contribution in [3.05, 3.63) is 35.7 Å². The third kappa shape index (κ3) is 4.38. The fourth-order valence-corrected chi connectivity index (χ4v) is 5.18. The van der Waals surface area contributed by atoms with Crippen LogP contribution in [-0.4, -0.2) is 53.0 Å². The zero-order valence-corrected chi connectivity index (χ0v) is 18.4. The summed E-state index contributed by atoms with van der Waals surface area (Å²) >= 11 is 0. The molecule has 4 rings (SSSR count). The van der Waals surface area contributed by atoms with E-state index in [2.05, 4.69) is 23.7 Å². The molecule has 2 atom stereocenters. The zero-order valence-electron chi connectivity index (χ0n) is 18.4. The van der Waals surface area contributed by atoms with Crippen LogP contribution in [0.25, 0.3) is 15.9 Å². The van der Waals surface area contributed by atoms with Gasteiger partial charge in [-0.3, -0.25) is 0 Å². The Balaban J connectivity index is 1.48. The van der Waals surface area contributed by atoms with Gasteiger partial charge in [0.05, 0.1) is 37.1 Å². The number of carbonyl (C=O) groups excluding carboxylic acids is 1. The van der Waals surface area contributed by atoms with Gasteiger partial charge < -0.3 is 18.9 Å². The van der Waals surface area contributed by atoms with E-state index in [1.807, 2.05) is 9.47 Å². The first-order valence-corrected chi connectivity index (χ1v) is 10.7. The number of ether oxygens (including phenoxy) is 2. The van der Waals surface area contributed by atoms with Crippen LogP contribution in [0.15, 0.2) is 18.5 Å². The van der Waals surface area contributed by atoms with E-state index in [0.717, 1.165) is 31.2 Å². The van der Waals surface area contributed by atoms with E-state index in [9.17, 15) is 9.18 Å². The van der Waals surface area contributed by atoms with Gasteiger partial charge in [0, 0.05) is 25.6 Å². The number of aromatic nitrogens is 2. The van der Waals surface area contributed by atoms with Crippen LogP contribution in [0.2, 0.25) is 0 Å². The number of fused-ring (bicyclic) bond motifs is 1. The van der Waals surface area contributed by atoms with Gasteiger partial charge in [-0.1, -0.05) is 13.8 Å². The highest BCUT2D eigenvalue weighted by molar-refractivity contribution is 5.80. The Bertz CT molecular complexity index is 1030. The van der Waals surface area contributed by atoms with Gasteiger partial charge in [-0.15, -0.1) is 0 Å². The predicted octanol–water partition coefficient (Wildman–Crippen LogP) is 4.78. The highest BCUT2D eigenvalue weighted by Crippen LogP contribution is 2.41. The molecule has 1 aromatic carbocycles. The largest absolute Gasteiger partial charge is 0.441 e. The summed E-state index contributed by atoms with van der Waals surface area (Å²) in [5, 5.41) is 0. The number of rotatable bonds is 6. The van der Waals surface area contributed by atoms with Gasteiger partial charge in [-0.25, -0.2) is 19.0 Å². The van der Waals surface area contributed by atoms with Crippen molar-refractivity contribution >= 4 is 22.8 Å². The molecule has 0 unspecified atom stereocenters. The Morgan fingerprint density at radius 2 is 2.26 bits per heavy atom. The normalized spacial score (nSPS) is 24.0. The number of methoxy groups -OCH3 is 1. The van der Waals surface area contributed by atoms with E-state index in [4.69, 9.17) is 16.0 Å². The van der Waals surface area contributed by atoms with Crippen molar-refractivity contribution in [2.75, 3.05) is 26.8 Å². The molecule has 1 aliphatic heterocycles. The van der Waals surface area contributed by atoms with Crippen molar-refractivity contribution in [3.8, 4) is 0 Å². The summed E-state index contributed by atoms with van der Waals surface area (Å²) in [6.45, 7) is 13.8. The number of halogens is 1. The van der Waals surface area contributed by atoms with Crippen LogP contribution in [0, 0.1) is 23.7 Å². The van der Waals surface area contributed by atoms with E-state index >= 15 is 0 Å². The molecule has 31 heavy (non-hydrogen) atoms. The first kappa shape index (κ1) is 21.6. The molecule has 0 radical (unpaired) electrons. The molecule has 1 spiro atoms. The van der Waals surface area contributed by atoms with Gasteiger partial charge in [0.1, 0.15) is 11.4 Å². The molecule has 1 saturated carbocycles. The van der Waals surface area contributed by atoms with Crippen LogP contribution >= 0.6 is 0 Å². The van der Waals surface area contributed by atoms with Crippen LogP contribution < -0.4 is 0 Å². The van der Waals surface area contributed by atoms with Gasteiger partial charge in [0.25, 0.3) is 0 Å². The van der Waals surface area contributed by atoms with Gasteiger partial charge in [0.2, 0.25) is 5.69 Å². The summed E-state index contributed by atoms with van der Waals surface area (Å²) in [7, 11) is 1.67. The number of carbonyl (C=O) groups is 1. The molecule has 1 aromatic heterocycles. The minimum atomic E-state index is -0.543. The lowest BCUT2D eigenvalue weighted by molar-refractivity contribution is 0.00404. The Morgan fingerprint density at radius 1 is 1.45 bits per heavy atom. The fraction of sp³-hybridized carbons (Fsp3) is 0.609. The van der Waals surface area contributed by atoms with Crippen LogP contribution in [0.4, 0.5) is 14.9 Å².